The van der Waals surface area contributed by atoms with Gasteiger partial charge in [0.05, 0.1) is 17.9 Å². The quantitative estimate of drug-likeness (QED) is 0.835. The van der Waals surface area contributed by atoms with Crippen LogP contribution in [-0.4, -0.2) is 81.9 Å². The van der Waals surface area contributed by atoms with Gasteiger partial charge in [0.15, 0.2) is 0 Å². The van der Waals surface area contributed by atoms with Crippen molar-refractivity contribution in [3.8, 4) is 0 Å². The SMILES string of the molecule is Cn1cc(N2CCN(C3CCCCN(CC(=O)O)C3=O)CC2)cn1. The average Bonchev–Trinajstić information content (AvgIpc) is 2.91. The normalized spacial score (nSPS) is 23.4. The van der Waals surface area contributed by atoms with Crippen molar-refractivity contribution in [2.24, 2.45) is 7.05 Å². The summed E-state index contributed by atoms with van der Waals surface area (Å²) < 4.78 is 1.79. The molecule has 2 aliphatic rings. The van der Waals surface area contributed by atoms with Gasteiger partial charge in [0.25, 0.3) is 0 Å². The molecule has 0 aliphatic carbocycles. The average molecular weight is 335 g/mol. The lowest BCUT2D eigenvalue weighted by Crippen LogP contribution is -2.55. The van der Waals surface area contributed by atoms with Gasteiger partial charge in [-0.05, 0) is 19.3 Å². The number of hydrogen-bond acceptors (Lipinski definition) is 5. The van der Waals surface area contributed by atoms with Crippen LogP contribution in [-0.2, 0) is 16.6 Å². The molecule has 0 bridgehead atoms. The van der Waals surface area contributed by atoms with Gasteiger partial charge in [-0.2, -0.15) is 5.10 Å². The van der Waals surface area contributed by atoms with E-state index in [9.17, 15) is 9.59 Å². The first-order chi connectivity index (χ1) is 11.5. The van der Waals surface area contributed by atoms with Gasteiger partial charge < -0.3 is 14.9 Å². The second-order valence-electron chi connectivity index (χ2n) is 6.56. The van der Waals surface area contributed by atoms with Crippen LogP contribution >= 0.6 is 0 Å². The van der Waals surface area contributed by atoms with Crippen molar-refractivity contribution in [1.82, 2.24) is 19.6 Å². The number of aliphatic carboxylic acids is 1. The van der Waals surface area contributed by atoms with Crippen LogP contribution in [0.3, 0.4) is 0 Å². The van der Waals surface area contributed by atoms with Crippen molar-refractivity contribution in [1.29, 1.82) is 0 Å². The molecule has 1 aromatic rings. The van der Waals surface area contributed by atoms with E-state index in [0.29, 0.717) is 6.54 Å². The summed E-state index contributed by atoms with van der Waals surface area (Å²) in [5.41, 5.74) is 1.11. The molecule has 8 nitrogen and oxygen atoms in total. The molecule has 8 heteroatoms. The number of anilines is 1. The topological polar surface area (TPSA) is 81.9 Å². The maximum atomic E-state index is 12.7. The number of likely N-dealkylation sites (tertiary alicyclic amines) is 1. The first kappa shape index (κ1) is 16.8. The molecule has 1 unspecified atom stereocenters. The summed E-state index contributed by atoms with van der Waals surface area (Å²) >= 11 is 0. The van der Waals surface area contributed by atoms with Crippen molar-refractivity contribution >= 4 is 17.6 Å². The van der Waals surface area contributed by atoms with Gasteiger partial charge in [-0.3, -0.25) is 19.2 Å². The highest BCUT2D eigenvalue weighted by Crippen LogP contribution is 2.21. The third kappa shape index (κ3) is 3.69. The van der Waals surface area contributed by atoms with Gasteiger partial charge in [0, 0.05) is 46.0 Å². The Kier molecular flexibility index (Phi) is 5.03. The van der Waals surface area contributed by atoms with Crippen molar-refractivity contribution in [2.75, 3.05) is 44.2 Å². The van der Waals surface area contributed by atoms with E-state index in [1.54, 1.807) is 4.68 Å². The largest absolute Gasteiger partial charge is 0.480 e. The van der Waals surface area contributed by atoms with E-state index in [1.165, 1.54) is 4.90 Å². The number of aryl methyl sites for hydroxylation is 1. The molecule has 2 saturated heterocycles. The van der Waals surface area contributed by atoms with E-state index in [0.717, 1.165) is 51.1 Å². The van der Waals surface area contributed by atoms with Crippen molar-refractivity contribution in [3.05, 3.63) is 12.4 Å². The summed E-state index contributed by atoms with van der Waals surface area (Å²) in [6.45, 7) is 3.70. The summed E-state index contributed by atoms with van der Waals surface area (Å²) in [4.78, 5) is 29.7. The number of carbonyl (C=O) groups excluding carboxylic acids is 1. The Labute approximate surface area is 141 Å². The smallest absolute Gasteiger partial charge is 0.323 e. The fourth-order valence-corrected chi connectivity index (χ4v) is 3.61. The third-order valence-corrected chi connectivity index (χ3v) is 4.89. The highest BCUT2D eigenvalue weighted by molar-refractivity contribution is 5.85. The molecule has 132 valence electrons. The molecule has 0 spiro atoms. The zero-order valence-electron chi connectivity index (χ0n) is 14.1. The lowest BCUT2D eigenvalue weighted by atomic mass is 10.1. The standard InChI is InChI=1S/C16H25N5O3/c1-18-11-13(10-17-18)19-6-8-20(9-7-19)14-4-2-3-5-21(16(14)24)12-15(22)23/h10-11,14H,2-9,12H2,1H3,(H,22,23). The Hall–Kier alpha value is -2.09. The van der Waals surface area contributed by atoms with Crippen molar-refractivity contribution in [3.63, 3.8) is 0 Å². The molecule has 1 atom stereocenters. The number of nitrogens with zero attached hydrogens (tertiary/aromatic N) is 5. The molecule has 1 N–H and O–H groups in total. The Morgan fingerprint density at radius 1 is 1.25 bits per heavy atom. The molecule has 2 aliphatic heterocycles. The number of aromatic nitrogens is 2. The number of piperazine rings is 1. The minimum Gasteiger partial charge on any atom is -0.480 e. The number of rotatable bonds is 4. The summed E-state index contributed by atoms with van der Waals surface area (Å²) in [6, 6.07) is -0.178. The zero-order valence-corrected chi connectivity index (χ0v) is 14.1. The van der Waals surface area contributed by atoms with E-state index >= 15 is 0 Å². The fourth-order valence-electron chi connectivity index (χ4n) is 3.61. The molecule has 0 saturated carbocycles. The van der Waals surface area contributed by atoms with E-state index in [2.05, 4.69) is 14.9 Å². The van der Waals surface area contributed by atoms with Crippen LogP contribution in [0.5, 0.6) is 0 Å². The predicted octanol–water partition coefficient (Wildman–Crippen LogP) is 0.00780. The lowest BCUT2D eigenvalue weighted by molar-refractivity contribution is -0.146. The maximum absolute atomic E-state index is 12.7. The van der Waals surface area contributed by atoms with Crippen molar-refractivity contribution < 1.29 is 14.7 Å². The van der Waals surface area contributed by atoms with E-state index in [1.807, 2.05) is 19.4 Å². The first-order valence-electron chi connectivity index (χ1n) is 8.53. The molecule has 1 amide bonds. The molecular weight excluding hydrogens is 310 g/mol. The van der Waals surface area contributed by atoms with Crippen LogP contribution < -0.4 is 4.90 Å². The van der Waals surface area contributed by atoms with E-state index in [-0.39, 0.29) is 18.5 Å². The summed E-state index contributed by atoms with van der Waals surface area (Å²) in [7, 11) is 1.90. The van der Waals surface area contributed by atoms with Crippen LogP contribution in [0.1, 0.15) is 19.3 Å². The fraction of sp³-hybridized carbons (Fsp3) is 0.688. The Morgan fingerprint density at radius 3 is 2.62 bits per heavy atom. The van der Waals surface area contributed by atoms with Crippen LogP contribution in [0.2, 0.25) is 0 Å². The molecule has 24 heavy (non-hydrogen) atoms. The van der Waals surface area contributed by atoms with Crippen LogP contribution in [0.4, 0.5) is 5.69 Å². The van der Waals surface area contributed by atoms with Crippen molar-refractivity contribution in [2.45, 2.75) is 25.3 Å². The molecule has 0 aromatic carbocycles. The third-order valence-electron chi connectivity index (χ3n) is 4.89. The van der Waals surface area contributed by atoms with Gasteiger partial charge in [-0.1, -0.05) is 0 Å². The first-order valence-corrected chi connectivity index (χ1v) is 8.53. The number of carboxylic acid groups (broad SMARTS) is 1. The molecule has 1 aromatic heterocycles. The summed E-state index contributed by atoms with van der Waals surface area (Å²) in [5.74, 6) is -0.963. The highest BCUT2D eigenvalue weighted by atomic mass is 16.4. The predicted molar refractivity (Wildman–Crippen MR) is 88.8 cm³/mol. The second-order valence-corrected chi connectivity index (χ2v) is 6.56. The zero-order chi connectivity index (χ0) is 17.1. The van der Waals surface area contributed by atoms with Gasteiger partial charge in [0.1, 0.15) is 6.54 Å². The number of hydrogen-bond donors (Lipinski definition) is 1. The van der Waals surface area contributed by atoms with Gasteiger partial charge in [-0.15, -0.1) is 0 Å². The summed E-state index contributed by atoms with van der Waals surface area (Å²) in [6.07, 6.45) is 6.53. The Bertz CT molecular complexity index is 594. The molecule has 3 rings (SSSR count). The van der Waals surface area contributed by atoms with E-state index in [4.69, 9.17) is 5.11 Å². The molecule has 3 heterocycles. The monoisotopic (exact) mass is 335 g/mol. The van der Waals surface area contributed by atoms with Gasteiger partial charge in [-0.25, -0.2) is 0 Å². The molecule has 0 radical (unpaired) electrons. The lowest BCUT2D eigenvalue weighted by Gasteiger charge is -2.39. The highest BCUT2D eigenvalue weighted by Gasteiger charge is 2.34. The molecule has 2 fully saturated rings. The number of carbonyl (C=O) groups is 2. The van der Waals surface area contributed by atoms with E-state index < -0.39 is 5.97 Å². The number of carboxylic acids is 1. The van der Waals surface area contributed by atoms with Crippen LogP contribution in [0, 0.1) is 0 Å². The van der Waals surface area contributed by atoms with Gasteiger partial charge >= 0.3 is 5.97 Å². The minimum absolute atomic E-state index is 0.0234. The second kappa shape index (κ2) is 7.21. The van der Waals surface area contributed by atoms with Crippen LogP contribution in [0.25, 0.3) is 0 Å². The number of amides is 1. The Morgan fingerprint density at radius 2 is 2.00 bits per heavy atom. The maximum Gasteiger partial charge on any atom is 0.323 e. The van der Waals surface area contributed by atoms with Crippen LogP contribution in [0.15, 0.2) is 12.4 Å². The Balaban J connectivity index is 1.61. The summed E-state index contributed by atoms with van der Waals surface area (Å²) in [5, 5.41) is 13.2. The van der Waals surface area contributed by atoms with Gasteiger partial charge in [0.2, 0.25) is 5.91 Å². The minimum atomic E-state index is -0.939. The molecular formula is C16H25N5O3.